The van der Waals surface area contributed by atoms with Crippen LogP contribution in [0, 0.1) is 11.3 Å². The predicted octanol–water partition coefficient (Wildman–Crippen LogP) is 4.73. The molecule has 3 nitrogen and oxygen atoms in total. The maximum atomic E-state index is 12.0. The minimum absolute atomic E-state index is 0.171. The fourth-order valence-electron chi connectivity index (χ4n) is 2.17. The van der Waals surface area contributed by atoms with Crippen LogP contribution in [-0.4, -0.2) is 5.91 Å². The van der Waals surface area contributed by atoms with Gasteiger partial charge in [-0.25, -0.2) is 0 Å². The van der Waals surface area contributed by atoms with Crippen molar-refractivity contribution in [1.82, 2.24) is 0 Å². The molecule has 110 valence electrons. The molecule has 1 heterocycles. The van der Waals surface area contributed by atoms with Gasteiger partial charge < -0.3 is 5.32 Å². The minimum atomic E-state index is -0.171. The molecule has 0 fully saturated rings. The summed E-state index contributed by atoms with van der Waals surface area (Å²) in [5, 5.41) is 12.3. The number of carbonyl (C=O) groups excluding carboxylic acids is 1. The van der Waals surface area contributed by atoms with Crippen LogP contribution in [0.5, 0.6) is 0 Å². The molecule has 0 bridgehead atoms. The Kier molecular flexibility index (Phi) is 4.98. The van der Waals surface area contributed by atoms with Gasteiger partial charge in [0.15, 0.2) is 0 Å². The van der Waals surface area contributed by atoms with Crippen molar-refractivity contribution in [2.45, 2.75) is 13.8 Å². The number of fused-ring (bicyclic) bond motifs is 1. The number of hydrogen-bond donors (Lipinski definition) is 1. The summed E-state index contributed by atoms with van der Waals surface area (Å²) in [5.41, 5.74) is 3.43. The van der Waals surface area contributed by atoms with Crippen LogP contribution in [0.1, 0.15) is 30.5 Å². The Labute approximate surface area is 134 Å². The molecule has 22 heavy (non-hydrogen) atoms. The van der Waals surface area contributed by atoms with Crippen molar-refractivity contribution < 1.29 is 4.79 Å². The van der Waals surface area contributed by atoms with Crippen LogP contribution < -0.4 is 5.32 Å². The molecule has 0 spiro atoms. The lowest BCUT2D eigenvalue weighted by atomic mass is 10.0. The SMILES string of the molecule is CC.N#Cc1ccc2c(c1)NC(=O)/C2=C/c1cccc(Cl)c1. The fourth-order valence-corrected chi connectivity index (χ4v) is 2.37. The maximum absolute atomic E-state index is 12.0. The Hall–Kier alpha value is -2.57. The van der Waals surface area contributed by atoms with Crippen molar-refractivity contribution in [3.8, 4) is 6.07 Å². The first kappa shape index (κ1) is 15.8. The highest BCUT2D eigenvalue weighted by Gasteiger charge is 2.24. The van der Waals surface area contributed by atoms with E-state index in [-0.39, 0.29) is 5.91 Å². The van der Waals surface area contributed by atoms with E-state index in [2.05, 4.69) is 11.4 Å². The highest BCUT2D eigenvalue weighted by molar-refractivity contribution is 6.35. The van der Waals surface area contributed by atoms with Gasteiger partial charge in [-0.05, 0) is 35.9 Å². The van der Waals surface area contributed by atoms with Gasteiger partial charge in [0, 0.05) is 16.2 Å². The molecule has 1 amide bonds. The number of amides is 1. The van der Waals surface area contributed by atoms with Crippen molar-refractivity contribution in [1.29, 1.82) is 5.26 Å². The summed E-state index contributed by atoms with van der Waals surface area (Å²) in [7, 11) is 0. The number of carbonyl (C=O) groups is 1. The molecule has 1 N–H and O–H groups in total. The van der Waals surface area contributed by atoms with Gasteiger partial charge in [-0.1, -0.05) is 43.6 Å². The second-order valence-corrected chi connectivity index (χ2v) is 4.88. The van der Waals surface area contributed by atoms with E-state index in [1.165, 1.54) is 0 Å². The minimum Gasteiger partial charge on any atom is -0.321 e. The second kappa shape index (κ2) is 6.93. The Balaban J connectivity index is 0.000000847. The topological polar surface area (TPSA) is 52.9 Å². The van der Waals surface area contributed by atoms with Crippen LogP contribution in [0.3, 0.4) is 0 Å². The van der Waals surface area contributed by atoms with Crippen molar-refractivity contribution >= 4 is 34.8 Å². The lowest BCUT2D eigenvalue weighted by Gasteiger charge is -1.99. The Morgan fingerprint density at radius 3 is 2.64 bits per heavy atom. The standard InChI is InChI=1S/C16H9ClN2O.C2H6/c17-12-3-1-2-10(6-12)7-14-13-5-4-11(9-18)8-15(13)19-16(14)20;1-2/h1-8H,(H,19,20);1-2H3/b14-7+;. The van der Waals surface area contributed by atoms with Gasteiger partial charge in [-0.3, -0.25) is 4.79 Å². The van der Waals surface area contributed by atoms with E-state index in [1.807, 2.05) is 26.0 Å². The van der Waals surface area contributed by atoms with Crippen molar-refractivity contribution in [3.05, 3.63) is 64.2 Å². The molecule has 0 saturated carbocycles. The first-order chi connectivity index (χ1) is 10.7. The fraction of sp³-hybridized carbons (Fsp3) is 0.111. The molecule has 0 unspecified atom stereocenters. The van der Waals surface area contributed by atoms with E-state index in [1.54, 1.807) is 36.4 Å². The van der Waals surface area contributed by atoms with E-state index < -0.39 is 0 Å². The Bertz CT molecular complexity index is 788. The van der Waals surface area contributed by atoms with Crippen LogP contribution in [0.15, 0.2) is 42.5 Å². The predicted molar refractivity (Wildman–Crippen MR) is 90.5 cm³/mol. The lowest BCUT2D eigenvalue weighted by Crippen LogP contribution is -2.03. The molecular formula is C18H15ClN2O. The van der Waals surface area contributed by atoms with E-state index in [4.69, 9.17) is 16.9 Å². The molecular weight excluding hydrogens is 296 g/mol. The average Bonchev–Trinajstić information content (AvgIpc) is 2.84. The number of nitrogens with one attached hydrogen (secondary N) is 1. The highest BCUT2D eigenvalue weighted by atomic mass is 35.5. The molecule has 0 saturated heterocycles. The third-order valence-electron chi connectivity index (χ3n) is 3.09. The van der Waals surface area contributed by atoms with Gasteiger partial charge in [-0.2, -0.15) is 5.26 Å². The van der Waals surface area contributed by atoms with Crippen molar-refractivity contribution in [3.63, 3.8) is 0 Å². The molecule has 2 aromatic rings. The summed E-state index contributed by atoms with van der Waals surface area (Å²) in [5.74, 6) is -0.171. The van der Waals surface area contributed by atoms with Crippen LogP contribution in [0.2, 0.25) is 5.02 Å². The van der Waals surface area contributed by atoms with Gasteiger partial charge in [0.25, 0.3) is 5.91 Å². The van der Waals surface area contributed by atoms with Crippen LogP contribution >= 0.6 is 11.6 Å². The quantitative estimate of drug-likeness (QED) is 0.774. The van der Waals surface area contributed by atoms with Gasteiger partial charge in [0.05, 0.1) is 17.3 Å². The van der Waals surface area contributed by atoms with Crippen molar-refractivity contribution in [2.75, 3.05) is 5.32 Å². The average molecular weight is 311 g/mol. The number of benzene rings is 2. The van der Waals surface area contributed by atoms with Gasteiger partial charge >= 0.3 is 0 Å². The first-order valence-electron chi connectivity index (χ1n) is 7.00. The maximum Gasteiger partial charge on any atom is 0.256 e. The monoisotopic (exact) mass is 310 g/mol. The third kappa shape index (κ3) is 3.19. The second-order valence-electron chi connectivity index (χ2n) is 4.44. The Morgan fingerprint density at radius 2 is 1.95 bits per heavy atom. The summed E-state index contributed by atoms with van der Waals surface area (Å²) >= 11 is 5.94. The summed E-state index contributed by atoms with van der Waals surface area (Å²) in [6, 6.07) is 14.5. The molecule has 3 rings (SSSR count). The number of halogens is 1. The molecule has 1 aliphatic rings. The van der Waals surface area contributed by atoms with Crippen LogP contribution in [-0.2, 0) is 4.79 Å². The number of hydrogen-bond acceptors (Lipinski definition) is 2. The molecule has 0 aromatic heterocycles. The normalized spacial score (nSPS) is 13.7. The van der Waals surface area contributed by atoms with Gasteiger partial charge in [0.1, 0.15) is 0 Å². The molecule has 4 heteroatoms. The summed E-state index contributed by atoms with van der Waals surface area (Å²) in [6.07, 6.45) is 1.79. The van der Waals surface area contributed by atoms with Crippen LogP contribution in [0.4, 0.5) is 5.69 Å². The number of rotatable bonds is 1. The first-order valence-corrected chi connectivity index (χ1v) is 7.38. The zero-order chi connectivity index (χ0) is 16.1. The molecule has 0 radical (unpaired) electrons. The number of nitriles is 1. The number of anilines is 1. The van der Waals surface area contributed by atoms with E-state index in [0.717, 1.165) is 11.1 Å². The summed E-state index contributed by atoms with van der Waals surface area (Å²) < 4.78 is 0. The van der Waals surface area contributed by atoms with Gasteiger partial charge in [-0.15, -0.1) is 0 Å². The third-order valence-corrected chi connectivity index (χ3v) is 3.33. The van der Waals surface area contributed by atoms with E-state index >= 15 is 0 Å². The lowest BCUT2D eigenvalue weighted by molar-refractivity contribution is -0.110. The molecule has 0 atom stereocenters. The van der Waals surface area contributed by atoms with Gasteiger partial charge in [0.2, 0.25) is 0 Å². The van der Waals surface area contributed by atoms with Crippen molar-refractivity contribution in [2.24, 2.45) is 0 Å². The summed E-state index contributed by atoms with van der Waals surface area (Å²) in [4.78, 5) is 12.0. The molecule has 2 aromatic carbocycles. The Morgan fingerprint density at radius 1 is 1.18 bits per heavy atom. The zero-order valence-electron chi connectivity index (χ0n) is 12.4. The van der Waals surface area contributed by atoms with Crippen LogP contribution in [0.25, 0.3) is 11.6 Å². The van der Waals surface area contributed by atoms with E-state index in [0.29, 0.717) is 21.8 Å². The number of nitrogens with zero attached hydrogens (tertiary/aromatic N) is 1. The molecule has 0 aliphatic carbocycles. The smallest absolute Gasteiger partial charge is 0.256 e. The zero-order valence-corrected chi connectivity index (χ0v) is 13.1. The highest BCUT2D eigenvalue weighted by Crippen LogP contribution is 2.33. The largest absolute Gasteiger partial charge is 0.321 e. The van der Waals surface area contributed by atoms with E-state index in [9.17, 15) is 4.79 Å². The summed E-state index contributed by atoms with van der Waals surface area (Å²) in [6.45, 7) is 4.00. The molecule has 1 aliphatic heterocycles.